The number of terminal acetylenes is 1. The zero-order chi connectivity index (χ0) is 10.9. The highest BCUT2D eigenvalue weighted by atomic mass is 16.5. The summed E-state index contributed by atoms with van der Waals surface area (Å²) in [6.07, 6.45) is 5.15. The molecule has 0 aromatic carbocycles. The maximum atomic E-state index is 9.13. The van der Waals surface area contributed by atoms with Crippen molar-refractivity contribution in [2.75, 3.05) is 32.9 Å². The number of likely N-dealkylation sites (N-methyl/N-ethyl adjacent to an activating group) is 1. The molecule has 0 spiro atoms. The Morgan fingerprint density at radius 2 is 2.47 bits per heavy atom. The van der Waals surface area contributed by atoms with Crippen LogP contribution in [0.3, 0.4) is 0 Å². The number of hydrogen-bond donors (Lipinski definition) is 0. The van der Waals surface area contributed by atoms with Gasteiger partial charge >= 0.3 is 0 Å². The summed E-state index contributed by atoms with van der Waals surface area (Å²) in [6.45, 7) is 6.46. The maximum absolute atomic E-state index is 9.13. The number of ether oxygens (including phenoxy) is 1. The van der Waals surface area contributed by atoms with Gasteiger partial charge in [0, 0.05) is 0 Å². The number of hydrogen-bond acceptors (Lipinski definition) is 3. The van der Waals surface area contributed by atoms with E-state index in [0.29, 0.717) is 6.61 Å². The van der Waals surface area contributed by atoms with Crippen molar-refractivity contribution in [1.29, 1.82) is 5.26 Å². The molecule has 15 heavy (non-hydrogen) atoms. The fourth-order valence-electron chi connectivity index (χ4n) is 2.71. The second-order valence-electron chi connectivity index (χ2n) is 4.19. The highest BCUT2D eigenvalue weighted by Crippen LogP contribution is 2.34. The Morgan fingerprint density at radius 1 is 1.67 bits per heavy atom. The van der Waals surface area contributed by atoms with Crippen LogP contribution in [-0.4, -0.2) is 54.6 Å². The van der Waals surface area contributed by atoms with E-state index < -0.39 is 0 Å². The molecule has 0 N–H and O–H groups in total. The van der Waals surface area contributed by atoms with Crippen LogP contribution in [0.25, 0.3) is 0 Å². The summed E-state index contributed by atoms with van der Waals surface area (Å²) < 4.78 is 6.53. The third-order valence-electron chi connectivity index (χ3n) is 3.60. The monoisotopic (exact) mass is 206 g/mol. The van der Waals surface area contributed by atoms with Crippen LogP contribution in [0.1, 0.15) is 6.92 Å². The molecule has 80 valence electrons. The van der Waals surface area contributed by atoms with E-state index >= 15 is 0 Å². The number of rotatable bonds is 3. The van der Waals surface area contributed by atoms with Gasteiger partial charge < -0.3 is 4.74 Å². The van der Waals surface area contributed by atoms with E-state index in [2.05, 4.69) is 23.8 Å². The zero-order valence-corrected chi connectivity index (χ0v) is 9.02. The third-order valence-corrected chi connectivity index (χ3v) is 3.60. The average molecular weight is 206 g/mol. The Hall–Kier alpha value is -1.07. The quantitative estimate of drug-likeness (QED) is 0.481. The molecule has 4 heteroatoms. The van der Waals surface area contributed by atoms with Gasteiger partial charge in [0.25, 0.3) is 0 Å². The zero-order valence-electron chi connectivity index (χ0n) is 9.02. The van der Waals surface area contributed by atoms with E-state index in [4.69, 9.17) is 16.4 Å². The lowest BCUT2D eigenvalue weighted by Gasteiger charge is -2.37. The van der Waals surface area contributed by atoms with E-state index in [9.17, 15) is 0 Å². The molecule has 2 heterocycles. The molecule has 0 aliphatic carbocycles. The fourth-order valence-corrected chi connectivity index (χ4v) is 2.71. The molecule has 2 rings (SSSR count). The van der Waals surface area contributed by atoms with Crippen molar-refractivity contribution in [3.05, 3.63) is 0 Å². The Kier molecular flexibility index (Phi) is 2.67. The lowest BCUT2D eigenvalue weighted by atomic mass is 10.2. The fraction of sp³-hybridized carbons (Fsp3) is 0.727. The van der Waals surface area contributed by atoms with Crippen LogP contribution in [0, 0.1) is 23.7 Å². The SMILES string of the molecule is C#CCOC1C(C#N)N2CC[N+]1(CC)C2. The van der Waals surface area contributed by atoms with Gasteiger partial charge in [0.1, 0.15) is 13.3 Å². The molecule has 2 aliphatic heterocycles. The van der Waals surface area contributed by atoms with Gasteiger partial charge in [-0.1, -0.05) is 5.92 Å². The molecule has 2 bridgehead atoms. The summed E-state index contributed by atoms with van der Waals surface area (Å²) in [5.41, 5.74) is 0. The molecule has 2 aliphatic rings. The summed E-state index contributed by atoms with van der Waals surface area (Å²) in [5, 5.41) is 9.13. The normalized spacial score (nSPS) is 42.5. The molecule has 0 saturated carbocycles. The van der Waals surface area contributed by atoms with Crippen molar-refractivity contribution in [1.82, 2.24) is 4.90 Å². The second kappa shape index (κ2) is 3.83. The summed E-state index contributed by atoms with van der Waals surface area (Å²) in [7, 11) is 0. The van der Waals surface area contributed by atoms with Crippen molar-refractivity contribution in [2.45, 2.75) is 19.2 Å². The average Bonchev–Trinajstić information content (AvgIpc) is 2.81. The number of piperazine rings is 1. The number of nitriles is 1. The molecule has 0 radical (unpaired) electrons. The summed E-state index contributed by atoms with van der Waals surface area (Å²) >= 11 is 0. The van der Waals surface area contributed by atoms with Crippen molar-refractivity contribution in [2.24, 2.45) is 0 Å². The van der Waals surface area contributed by atoms with E-state index in [1.54, 1.807) is 0 Å². The van der Waals surface area contributed by atoms with Crippen molar-refractivity contribution in [3.8, 4) is 18.4 Å². The minimum Gasteiger partial charge on any atom is -0.314 e. The van der Waals surface area contributed by atoms with E-state index in [1.807, 2.05) is 0 Å². The second-order valence-corrected chi connectivity index (χ2v) is 4.19. The lowest BCUT2D eigenvalue weighted by molar-refractivity contribution is -0.951. The molecule has 4 nitrogen and oxygen atoms in total. The van der Waals surface area contributed by atoms with Crippen molar-refractivity contribution >= 4 is 0 Å². The summed E-state index contributed by atoms with van der Waals surface area (Å²) in [6, 6.07) is 2.21. The van der Waals surface area contributed by atoms with E-state index in [1.165, 1.54) is 0 Å². The van der Waals surface area contributed by atoms with Crippen molar-refractivity contribution < 1.29 is 9.22 Å². The van der Waals surface area contributed by atoms with Gasteiger partial charge in [-0.3, -0.25) is 4.48 Å². The predicted octanol–water partition coefficient (Wildman–Crippen LogP) is -0.0221. The Morgan fingerprint density at radius 3 is 3.07 bits per heavy atom. The van der Waals surface area contributed by atoms with E-state index in [0.717, 1.165) is 30.8 Å². The first-order valence-corrected chi connectivity index (χ1v) is 5.32. The van der Waals surface area contributed by atoms with Crippen molar-refractivity contribution in [3.63, 3.8) is 0 Å². The Bertz CT molecular complexity index is 330. The number of fused-ring (bicyclic) bond motifs is 2. The summed E-state index contributed by atoms with van der Waals surface area (Å²) in [4.78, 5) is 2.20. The molecule has 0 amide bonds. The van der Waals surface area contributed by atoms with Gasteiger partial charge in [0.15, 0.2) is 6.04 Å². The van der Waals surface area contributed by atoms with Crippen LogP contribution in [0.15, 0.2) is 0 Å². The molecule has 2 saturated heterocycles. The molecule has 0 aromatic rings. The van der Waals surface area contributed by atoms with Crippen LogP contribution < -0.4 is 0 Å². The maximum Gasteiger partial charge on any atom is 0.225 e. The third kappa shape index (κ3) is 1.42. The highest BCUT2D eigenvalue weighted by Gasteiger charge is 2.57. The number of nitrogens with zero attached hydrogens (tertiary/aromatic N) is 3. The van der Waals surface area contributed by atoms with Gasteiger partial charge in [-0.25, -0.2) is 4.90 Å². The van der Waals surface area contributed by atoms with E-state index in [-0.39, 0.29) is 12.3 Å². The predicted molar refractivity (Wildman–Crippen MR) is 55.2 cm³/mol. The Balaban J connectivity index is 2.18. The first-order chi connectivity index (χ1) is 7.27. The number of quaternary nitrogens is 1. The van der Waals surface area contributed by atoms with Gasteiger partial charge in [-0.05, 0) is 6.92 Å². The Labute approximate surface area is 90.6 Å². The van der Waals surface area contributed by atoms with Crippen LogP contribution >= 0.6 is 0 Å². The largest absolute Gasteiger partial charge is 0.314 e. The van der Waals surface area contributed by atoms with Crippen LogP contribution in [-0.2, 0) is 4.74 Å². The molecule has 2 fully saturated rings. The van der Waals surface area contributed by atoms with Crippen LogP contribution in [0.4, 0.5) is 0 Å². The van der Waals surface area contributed by atoms with Crippen LogP contribution in [0.5, 0.6) is 0 Å². The van der Waals surface area contributed by atoms with Crippen LogP contribution in [0.2, 0.25) is 0 Å². The highest BCUT2D eigenvalue weighted by molar-refractivity contribution is 5.00. The minimum atomic E-state index is -0.118. The van der Waals surface area contributed by atoms with Gasteiger partial charge in [0.2, 0.25) is 6.23 Å². The molecule has 0 aromatic heterocycles. The minimum absolute atomic E-state index is 0.0511. The molecule has 4 atom stereocenters. The summed E-state index contributed by atoms with van der Waals surface area (Å²) in [5.74, 6) is 2.48. The topological polar surface area (TPSA) is 36.3 Å². The van der Waals surface area contributed by atoms with Gasteiger partial charge in [-0.2, -0.15) is 5.26 Å². The smallest absolute Gasteiger partial charge is 0.225 e. The van der Waals surface area contributed by atoms with Gasteiger partial charge in [-0.15, -0.1) is 6.42 Å². The standard InChI is InChI=1S/C11H16N3O/c1-3-7-15-11-10(8-12)13-5-6-14(11,4-2)9-13/h1,10-11H,4-7,9H2,2H3/q+1. The molecular weight excluding hydrogens is 190 g/mol. The molecule has 4 unspecified atom stereocenters. The first-order valence-electron chi connectivity index (χ1n) is 5.32. The lowest BCUT2D eigenvalue weighted by Crippen LogP contribution is -2.57. The van der Waals surface area contributed by atoms with Gasteiger partial charge in [0.05, 0.1) is 25.7 Å². The first kappa shape index (κ1) is 10.4. The molecular formula is C11H16N3O+.